The third-order valence-electron chi connectivity index (χ3n) is 3.09. The van der Waals surface area contributed by atoms with Crippen molar-refractivity contribution in [2.75, 3.05) is 5.32 Å². The Morgan fingerprint density at radius 2 is 2.20 bits per heavy atom. The molecule has 106 valence electrons. The van der Waals surface area contributed by atoms with E-state index in [2.05, 4.69) is 10.3 Å². The van der Waals surface area contributed by atoms with Crippen molar-refractivity contribution >= 4 is 22.4 Å². The van der Waals surface area contributed by atoms with Gasteiger partial charge in [-0.1, -0.05) is 37.6 Å². The van der Waals surface area contributed by atoms with E-state index in [1.807, 2.05) is 43.5 Å². The van der Waals surface area contributed by atoms with Crippen molar-refractivity contribution in [3.05, 3.63) is 35.2 Å². The quantitative estimate of drug-likeness (QED) is 0.888. The molecule has 2 aromatic rings. The number of aromatic nitrogens is 1. The number of anilines is 1. The first-order valence-corrected chi connectivity index (χ1v) is 7.57. The molecule has 20 heavy (non-hydrogen) atoms. The average molecular weight is 289 g/mol. The Balaban J connectivity index is 2.10. The van der Waals surface area contributed by atoms with Gasteiger partial charge in [0.25, 0.3) is 0 Å². The number of aryl methyl sites for hydroxylation is 1. The summed E-state index contributed by atoms with van der Waals surface area (Å²) in [7, 11) is 0. The molecule has 0 spiro atoms. The number of hydrogen-bond acceptors (Lipinski definition) is 4. The van der Waals surface area contributed by atoms with E-state index in [4.69, 9.17) is 5.73 Å². The summed E-state index contributed by atoms with van der Waals surface area (Å²) in [4.78, 5) is 16.3. The summed E-state index contributed by atoms with van der Waals surface area (Å²) < 4.78 is 0. The molecule has 0 saturated heterocycles. The van der Waals surface area contributed by atoms with Crippen LogP contribution in [0.15, 0.2) is 29.6 Å². The molecule has 1 atom stereocenters. The zero-order valence-electron chi connectivity index (χ0n) is 11.7. The minimum Gasteiger partial charge on any atom is -0.320 e. The molecule has 0 radical (unpaired) electrons. The maximum atomic E-state index is 11.8. The van der Waals surface area contributed by atoms with E-state index < -0.39 is 6.04 Å². The fraction of sp³-hybridized carbons (Fsp3) is 0.333. The lowest BCUT2D eigenvalue weighted by atomic mass is 10.1. The average Bonchev–Trinajstić information content (AvgIpc) is 2.87. The fourth-order valence-corrected chi connectivity index (χ4v) is 2.67. The molecule has 0 aliphatic heterocycles. The summed E-state index contributed by atoms with van der Waals surface area (Å²) in [6.07, 6.45) is 1.57. The Bertz CT molecular complexity index is 594. The molecule has 1 amide bonds. The van der Waals surface area contributed by atoms with Crippen LogP contribution >= 0.6 is 11.3 Å². The largest absolute Gasteiger partial charge is 0.320 e. The van der Waals surface area contributed by atoms with Crippen LogP contribution < -0.4 is 11.1 Å². The molecule has 5 heteroatoms. The Labute approximate surface area is 123 Å². The van der Waals surface area contributed by atoms with Crippen LogP contribution in [0.3, 0.4) is 0 Å². The summed E-state index contributed by atoms with van der Waals surface area (Å²) in [6.45, 7) is 4.05. The van der Waals surface area contributed by atoms with E-state index in [-0.39, 0.29) is 5.91 Å². The maximum Gasteiger partial charge on any atom is 0.243 e. The van der Waals surface area contributed by atoms with Crippen molar-refractivity contribution in [3.8, 4) is 11.3 Å². The molecule has 0 aliphatic carbocycles. The van der Waals surface area contributed by atoms with Crippen molar-refractivity contribution in [2.45, 2.75) is 32.7 Å². The minimum atomic E-state index is -0.467. The first-order valence-electron chi connectivity index (χ1n) is 6.69. The van der Waals surface area contributed by atoms with E-state index in [0.717, 1.165) is 17.7 Å². The molecule has 0 bridgehead atoms. The summed E-state index contributed by atoms with van der Waals surface area (Å²) >= 11 is 1.42. The third kappa shape index (κ3) is 3.43. The van der Waals surface area contributed by atoms with Crippen LogP contribution in [0.1, 0.15) is 25.3 Å². The van der Waals surface area contributed by atoms with E-state index in [1.54, 1.807) is 0 Å². The lowest BCUT2D eigenvalue weighted by Crippen LogP contribution is -2.35. The number of rotatable bonds is 5. The number of amides is 1. The molecule has 3 N–H and O–H groups in total. The normalized spacial score (nSPS) is 12.2. The van der Waals surface area contributed by atoms with Crippen molar-refractivity contribution < 1.29 is 4.79 Å². The van der Waals surface area contributed by atoms with Gasteiger partial charge in [-0.15, -0.1) is 11.3 Å². The highest BCUT2D eigenvalue weighted by atomic mass is 32.1. The zero-order chi connectivity index (χ0) is 14.5. The standard InChI is InChI=1S/C15H19N3OS/c1-3-6-12(16)14(19)18-15-17-13(9-20-15)11-8-5-4-7-10(11)2/h4-5,7-9,12H,3,6,16H2,1-2H3,(H,17,18,19). The molecule has 0 saturated carbocycles. The van der Waals surface area contributed by atoms with Gasteiger partial charge in [-0.3, -0.25) is 4.79 Å². The number of nitrogens with zero attached hydrogens (tertiary/aromatic N) is 1. The summed E-state index contributed by atoms with van der Waals surface area (Å²) in [6, 6.07) is 7.59. The third-order valence-corrected chi connectivity index (χ3v) is 3.85. The second-order valence-corrected chi connectivity index (χ2v) is 5.60. The minimum absolute atomic E-state index is 0.169. The number of hydrogen-bond donors (Lipinski definition) is 2. The molecular weight excluding hydrogens is 270 g/mol. The van der Waals surface area contributed by atoms with Crippen molar-refractivity contribution in [2.24, 2.45) is 5.73 Å². The molecule has 4 nitrogen and oxygen atoms in total. The van der Waals surface area contributed by atoms with Crippen LogP contribution in [0, 0.1) is 6.92 Å². The van der Waals surface area contributed by atoms with Gasteiger partial charge in [0.15, 0.2) is 5.13 Å². The predicted molar refractivity (Wildman–Crippen MR) is 83.8 cm³/mol. The van der Waals surface area contributed by atoms with Gasteiger partial charge in [-0.25, -0.2) is 4.98 Å². The Kier molecular flexibility index (Phi) is 4.87. The van der Waals surface area contributed by atoms with Gasteiger partial charge in [-0.2, -0.15) is 0 Å². The molecule has 1 aromatic carbocycles. The van der Waals surface area contributed by atoms with Crippen LogP contribution in [0.25, 0.3) is 11.3 Å². The predicted octanol–water partition coefficient (Wildman–Crippen LogP) is 3.18. The van der Waals surface area contributed by atoms with Gasteiger partial charge in [0.2, 0.25) is 5.91 Å². The molecule has 2 rings (SSSR count). The Hall–Kier alpha value is -1.72. The molecular formula is C15H19N3OS. The second-order valence-electron chi connectivity index (χ2n) is 4.74. The van der Waals surface area contributed by atoms with Crippen molar-refractivity contribution in [1.29, 1.82) is 0 Å². The van der Waals surface area contributed by atoms with Crippen molar-refractivity contribution in [3.63, 3.8) is 0 Å². The molecule has 1 heterocycles. The summed E-state index contributed by atoms with van der Waals surface area (Å²) in [5, 5.41) is 5.32. The van der Waals surface area contributed by atoms with E-state index in [0.29, 0.717) is 11.6 Å². The maximum absolute atomic E-state index is 11.8. The van der Waals surface area contributed by atoms with Crippen LogP contribution in [0.5, 0.6) is 0 Å². The van der Waals surface area contributed by atoms with Crippen LogP contribution in [0.4, 0.5) is 5.13 Å². The van der Waals surface area contributed by atoms with Gasteiger partial charge in [0, 0.05) is 10.9 Å². The molecule has 0 fully saturated rings. The first-order chi connectivity index (χ1) is 9.61. The monoisotopic (exact) mass is 289 g/mol. The lowest BCUT2D eigenvalue weighted by Gasteiger charge is -2.08. The van der Waals surface area contributed by atoms with E-state index >= 15 is 0 Å². The number of carbonyl (C=O) groups excluding carboxylic acids is 1. The highest BCUT2D eigenvalue weighted by molar-refractivity contribution is 7.14. The van der Waals surface area contributed by atoms with E-state index in [9.17, 15) is 4.79 Å². The Morgan fingerprint density at radius 3 is 2.90 bits per heavy atom. The summed E-state index contributed by atoms with van der Waals surface area (Å²) in [5.74, 6) is -0.169. The molecule has 1 aromatic heterocycles. The van der Waals surface area contributed by atoms with Crippen LogP contribution in [-0.4, -0.2) is 16.9 Å². The van der Waals surface area contributed by atoms with Crippen molar-refractivity contribution in [1.82, 2.24) is 4.98 Å². The number of nitrogens with one attached hydrogen (secondary N) is 1. The summed E-state index contributed by atoms with van der Waals surface area (Å²) in [5.41, 5.74) is 8.91. The Morgan fingerprint density at radius 1 is 1.45 bits per heavy atom. The van der Waals surface area contributed by atoms with Crippen LogP contribution in [-0.2, 0) is 4.79 Å². The smallest absolute Gasteiger partial charge is 0.243 e. The second kappa shape index (κ2) is 6.63. The highest BCUT2D eigenvalue weighted by Gasteiger charge is 2.14. The van der Waals surface area contributed by atoms with Gasteiger partial charge in [0.1, 0.15) is 0 Å². The fourth-order valence-electron chi connectivity index (χ4n) is 1.96. The van der Waals surface area contributed by atoms with Gasteiger partial charge in [0.05, 0.1) is 11.7 Å². The van der Waals surface area contributed by atoms with Gasteiger partial charge in [-0.05, 0) is 18.9 Å². The zero-order valence-corrected chi connectivity index (χ0v) is 12.5. The van der Waals surface area contributed by atoms with Gasteiger partial charge < -0.3 is 11.1 Å². The molecule has 1 unspecified atom stereocenters. The SMILES string of the molecule is CCCC(N)C(=O)Nc1nc(-c2ccccc2C)cs1. The van der Waals surface area contributed by atoms with Gasteiger partial charge >= 0.3 is 0 Å². The van der Waals surface area contributed by atoms with Crippen LogP contribution in [0.2, 0.25) is 0 Å². The number of thiazole rings is 1. The highest BCUT2D eigenvalue weighted by Crippen LogP contribution is 2.27. The van der Waals surface area contributed by atoms with E-state index in [1.165, 1.54) is 16.9 Å². The topological polar surface area (TPSA) is 68.0 Å². The lowest BCUT2D eigenvalue weighted by molar-refractivity contribution is -0.117. The molecule has 0 aliphatic rings. The number of nitrogens with two attached hydrogens (primary N) is 1. The first kappa shape index (κ1) is 14.7. The number of benzene rings is 1. The number of carbonyl (C=O) groups is 1.